The molecule has 0 radical (unpaired) electrons. The number of urea groups is 1. The summed E-state index contributed by atoms with van der Waals surface area (Å²) < 4.78 is 0. The van der Waals surface area contributed by atoms with Gasteiger partial charge < -0.3 is 15.5 Å². The van der Waals surface area contributed by atoms with E-state index in [0.717, 1.165) is 18.5 Å². The predicted octanol–water partition coefficient (Wildman–Crippen LogP) is 2.21. The zero-order chi connectivity index (χ0) is 16.9. The number of aromatic nitrogens is 2. The predicted molar refractivity (Wildman–Crippen MR) is 93.7 cm³/mol. The van der Waals surface area contributed by atoms with Crippen LogP contribution in [-0.2, 0) is 0 Å². The minimum absolute atomic E-state index is 0.0821. The quantitative estimate of drug-likeness (QED) is 0.794. The maximum absolute atomic E-state index is 12.0. The highest BCUT2D eigenvalue weighted by atomic mass is 35.5. The van der Waals surface area contributed by atoms with Crippen LogP contribution >= 0.6 is 11.6 Å². The van der Waals surface area contributed by atoms with Gasteiger partial charge in [0.15, 0.2) is 0 Å². The first kappa shape index (κ1) is 16.3. The number of hydrogen-bond acceptors (Lipinski definition) is 4. The van der Waals surface area contributed by atoms with Gasteiger partial charge in [0.05, 0.1) is 11.9 Å². The van der Waals surface area contributed by atoms with Crippen LogP contribution in [0.1, 0.15) is 12.8 Å². The maximum atomic E-state index is 12.0. The zero-order valence-corrected chi connectivity index (χ0v) is 13.7. The molecule has 0 saturated carbocycles. The van der Waals surface area contributed by atoms with Crippen molar-refractivity contribution >= 4 is 29.0 Å². The van der Waals surface area contributed by atoms with Crippen LogP contribution in [0.15, 0.2) is 41.3 Å². The van der Waals surface area contributed by atoms with E-state index in [4.69, 9.17) is 11.6 Å². The van der Waals surface area contributed by atoms with E-state index in [2.05, 4.69) is 20.8 Å². The third kappa shape index (κ3) is 3.86. The minimum atomic E-state index is -0.392. The molecule has 8 heteroatoms. The van der Waals surface area contributed by atoms with Gasteiger partial charge in [0, 0.05) is 24.8 Å². The van der Waals surface area contributed by atoms with Crippen LogP contribution in [0, 0.1) is 0 Å². The zero-order valence-electron chi connectivity index (χ0n) is 13.0. The van der Waals surface area contributed by atoms with Gasteiger partial charge in [0.25, 0.3) is 5.56 Å². The van der Waals surface area contributed by atoms with E-state index in [1.54, 1.807) is 6.20 Å². The second-order valence-electron chi connectivity index (χ2n) is 5.62. The first-order valence-electron chi connectivity index (χ1n) is 7.74. The molecule has 1 aromatic carbocycles. The summed E-state index contributed by atoms with van der Waals surface area (Å²) in [5.41, 5.74) is 0.998. The lowest BCUT2D eigenvalue weighted by molar-refractivity contribution is 0.246. The first-order valence-corrected chi connectivity index (χ1v) is 8.12. The molecule has 2 amide bonds. The molecule has 0 aliphatic carbocycles. The van der Waals surface area contributed by atoms with Gasteiger partial charge in [-0.2, -0.15) is 5.10 Å². The molecule has 24 heavy (non-hydrogen) atoms. The Balaban J connectivity index is 1.53. The van der Waals surface area contributed by atoms with Crippen molar-refractivity contribution in [1.29, 1.82) is 0 Å². The number of rotatable bonds is 3. The number of halogens is 1. The number of amides is 2. The van der Waals surface area contributed by atoms with Crippen LogP contribution < -0.4 is 21.1 Å². The van der Waals surface area contributed by atoms with E-state index in [0.29, 0.717) is 18.8 Å². The summed E-state index contributed by atoms with van der Waals surface area (Å²) >= 11 is 6.03. The summed E-state index contributed by atoms with van der Waals surface area (Å²) in [7, 11) is 0. The molecule has 0 atom stereocenters. The van der Waals surface area contributed by atoms with Crippen molar-refractivity contribution in [3.63, 3.8) is 0 Å². The molecule has 0 unspecified atom stereocenters. The van der Waals surface area contributed by atoms with Crippen molar-refractivity contribution in [2.45, 2.75) is 18.9 Å². The van der Waals surface area contributed by atoms with Crippen LogP contribution in [0.5, 0.6) is 0 Å². The highest BCUT2D eigenvalue weighted by Gasteiger charge is 2.23. The monoisotopic (exact) mass is 347 g/mol. The number of carbonyl (C=O) groups is 1. The smallest absolute Gasteiger partial charge is 0.319 e. The molecule has 1 saturated heterocycles. The van der Waals surface area contributed by atoms with Crippen molar-refractivity contribution in [2.75, 3.05) is 23.3 Å². The second-order valence-corrected chi connectivity index (χ2v) is 6.00. The topological polar surface area (TPSA) is 90.1 Å². The lowest BCUT2D eigenvalue weighted by Crippen LogP contribution is -2.46. The number of anilines is 2. The molecular weight excluding hydrogens is 330 g/mol. The van der Waals surface area contributed by atoms with Gasteiger partial charge in [0.2, 0.25) is 0 Å². The summed E-state index contributed by atoms with van der Waals surface area (Å²) in [5, 5.41) is 12.0. The van der Waals surface area contributed by atoms with Crippen LogP contribution in [0.3, 0.4) is 0 Å². The Morgan fingerprint density at radius 1 is 1.25 bits per heavy atom. The largest absolute Gasteiger partial charge is 0.369 e. The van der Waals surface area contributed by atoms with E-state index in [9.17, 15) is 9.59 Å². The Kier molecular flexibility index (Phi) is 5.00. The summed E-state index contributed by atoms with van der Waals surface area (Å²) in [4.78, 5) is 25.6. The van der Waals surface area contributed by atoms with Crippen molar-refractivity contribution in [2.24, 2.45) is 0 Å². The van der Waals surface area contributed by atoms with E-state index < -0.39 is 5.56 Å². The van der Waals surface area contributed by atoms with Gasteiger partial charge in [-0.15, -0.1) is 0 Å². The van der Waals surface area contributed by atoms with Crippen LogP contribution in [-0.4, -0.2) is 35.4 Å². The van der Waals surface area contributed by atoms with Gasteiger partial charge in [-0.05, 0) is 25.0 Å². The van der Waals surface area contributed by atoms with Crippen LogP contribution in [0.4, 0.5) is 16.2 Å². The number of hydrogen-bond donors (Lipinski definition) is 3. The number of piperidine rings is 1. The third-order valence-electron chi connectivity index (χ3n) is 3.98. The Bertz CT molecular complexity index is 757. The Morgan fingerprint density at radius 2 is 1.96 bits per heavy atom. The lowest BCUT2D eigenvalue weighted by Gasteiger charge is -2.33. The Labute approximate surface area is 144 Å². The number of nitrogens with zero attached hydrogens (tertiary/aromatic N) is 2. The molecule has 2 aromatic rings. The molecule has 1 aromatic heterocycles. The molecule has 2 heterocycles. The molecular formula is C16H18ClN5O2. The molecule has 0 bridgehead atoms. The fraction of sp³-hybridized carbons (Fsp3) is 0.312. The second kappa shape index (κ2) is 7.35. The average Bonchev–Trinajstić information content (AvgIpc) is 2.59. The molecule has 1 fully saturated rings. The standard InChI is InChI=1S/C16H18ClN5O2/c17-14-13(10-18-21-15(14)23)22-8-6-12(7-9-22)20-16(24)19-11-4-2-1-3-5-11/h1-5,10,12H,6-9H2,(H,21,23)(H2,19,20,24). The van der Waals surface area contributed by atoms with Crippen molar-refractivity contribution in [3.05, 3.63) is 51.9 Å². The molecule has 126 valence electrons. The summed E-state index contributed by atoms with van der Waals surface area (Å²) in [6.07, 6.45) is 3.09. The van der Waals surface area contributed by atoms with Crippen molar-refractivity contribution in [3.8, 4) is 0 Å². The Hall–Kier alpha value is -2.54. The van der Waals surface area contributed by atoms with Gasteiger partial charge in [-0.1, -0.05) is 29.8 Å². The van der Waals surface area contributed by atoms with E-state index in [-0.39, 0.29) is 17.1 Å². The normalized spacial score (nSPS) is 15.1. The third-order valence-corrected chi connectivity index (χ3v) is 4.34. The van der Waals surface area contributed by atoms with Gasteiger partial charge >= 0.3 is 6.03 Å². The van der Waals surface area contributed by atoms with Gasteiger partial charge in [0.1, 0.15) is 5.02 Å². The summed E-state index contributed by atoms with van der Waals surface area (Å²) in [6.45, 7) is 1.39. The SMILES string of the molecule is O=C(Nc1ccccc1)NC1CCN(c2cn[nH]c(=O)c2Cl)CC1. The average molecular weight is 348 g/mol. The fourth-order valence-electron chi connectivity index (χ4n) is 2.73. The van der Waals surface area contributed by atoms with E-state index in [1.165, 1.54) is 0 Å². The van der Waals surface area contributed by atoms with Crippen molar-refractivity contribution < 1.29 is 4.79 Å². The van der Waals surface area contributed by atoms with Gasteiger partial charge in [-0.3, -0.25) is 4.79 Å². The van der Waals surface area contributed by atoms with E-state index in [1.807, 2.05) is 35.2 Å². The first-order chi connectivity index (χ1) is 11.6. The lowest BCUT2D eigenvalue weighted by atomic mass is 10.0. The van der Waals surface area contributed by atoms with E-state index >= 15 is 0 Å². The van der Waals surface area contributed by atoms with Crippen molar-refractivity contribution in [1.82, 2.24) is 15.5 Å². The number of aromatic amines is 1. The highest BCUT2D eigenvalue weighted by Crippen LogP contribution is 2.24. The summed E-state index contributed by atoms with van der Waals surface area (Å²) in [5.74, 6) is 0. The molecule has 1 aliphatic rings. The van der Waals surface area contributed by atoms with Crippen LogP contribution in [0.25, 0.3) is 0 Å². The molecule has 7 nitrogen and oxygen atoms in total. The molecule has 1 aliphatic heterocycles. The fourth-order valence-corrected chi connectivity index (χ4v) is 2.94. The molecule has 3 N–H and O–H groups in total. The number of nitrogens with one attached hydrogen (secondary N) is 3. The minimum Gasteiger partial charge on any atom is -0.369 e. The van der Waals surface area contributed by atoms with Gasteiger partial charge in [-0.25, -0.2) is 9.89 Å². The van der Waals surface area contributed by atoms with Crippen LogP contribution in [0.2, 0.25) is 5.02 Å². The molecule has 0 spiro atoms. The number of para-hydroxylation sites is 1. The number of H-pyrrole nitrogens is 1. The molecule has 3 rings (SSSR count). The summed E-state index contributed by atoms with van der Waals surface area (Å²) in [6, 6.07) is 9.18. The number of carbonyl (C=O) groups excluding carboxylic acids is 1. The maximum Gasteiger partial charge on any atom is 0.319 e. The number of benzene rings is 1. The Morgan fingerprint density at radius 3 is 2.67 bits per heavy atom. The highest BCUT2D eigenvalue weighted by molar-refractivity contribution is 6.33.